The van der Waals surface area contributed by atoms with Gasteiger partial charge in [0.15, 0.2) is 18.6 Å². The van der Waals surface area contributed by atoms with Crippen LogP contribution >= 0.6 is 0 Å². The van der Waals surface area contributed by atoms with Crippen LogP contribution in [0.3, 0.4) is 0 Å². The minimum absolute atomic E-state index is 0.0149. The Kier molecular flexibility index (Phi) is 14.7. The summed E-state index contributed by atoms with van der Waals surface area (Å²) in [6, 6.07) is 26.6. The fourth-order valence-electron chi connectivity index (χ4n) is 8.84. The van der Waals surface area contributed by atoms with Crippen LogP contribution in [0.1, 0.15) is 70.6 Å². The number of piperidine rings is 1. The van der Waals surface area contributed by atoms with Gasteiger partial charge in [0.25, 0.3) is 5.91 Å². The Balaban J connectivity index is 1.36. The number of likely N-dealkylation sites (tertiary alicyclic amines) is 1. The number of benzene rings is 3. The van der Waals surface area contributed by atoms with Gasteiger partial charge in [0.05, 0.1) is 31.0 Å². The third kappa shape index (κ3) is 10.4. The van der Waals surface area contributed by atoms with E-state index in [1.165, 1.54) is 12.4 Å². The van der Waals surface area contributed by atoms with Gasteiger partial charge in [-0.1, -0.05) is 90.1 Å². The summed E-state index contributed by atoms with van der Waals surface area (Å²) >= 11 is 0. The molecule has 0 N–H and O–H groups in total. The van der Waals surface area contributed by atoms with Crippen LogP contribution in [0.15, 0.2) is 97.3 Å². The number of fused-ring (bicyclic) bond motifs is 1. The summed E-state index contributed by atoms with van der Waals surface area (Å²) in [5, 5.41) is 11.9. The van der Waals surface area contributed by atoms with Crippen LogP contribution in [0.4, 0.5) is 10.5 Å². The van der Waals surface area contributed by atoms with Crippen molar-refractivity contribution in [2.75, 3.05) is 44.9 Å². The summed E-state index contributed by atoms with van der Waals surface area (Å²) in [7, 11) is -0.856. The van der Waals surface area contributed by atoms with Crippen molar-refractivity contribution < 1.29 is 42.4 Å². The molecule has 2 aliphatic heterocycles. The van der Waals surface area contributed by atoms with Crippen molar-refractivity contribution in [1.82, 2.24) is 4.90 Å². The Labute approximate surface area is 349 Å². The number of rotatable bonds is 17. The quantitative estimate of drug-likeness (QED) is 0.0445. The maximum Gasteiger partial charge on any atom is 0.410 e. The van der Waals surface area contributed by atoms with Gasteiger partial charge in [-0.15, -0.1) is 0 Å². The van der Waals surface area contributed by atoms with Crippen LogP contribution in [0, 0.1) is 5.21 Å². The number of carbonyl (C=O) groups is 2. The van der Waals surface area contributed by atoms with E-state index in [0.717, 1.165) is 16.7 Å². The van der Waals surface area contributed by atoms with Crippen molar-refractivity contribution in [2.24, 2.45) is 0 Å². The SMILES string of the molecule is COCCCN1C(=O)COc2ccc(COC3CN(C(=O)OCc4ccccc4)CC(O[Si](C(C)C)(C(C)C)C(C)C)C3c3ccc(Oc4ccc[n+]([O-])c4)cc3)cc21. The molecule has 3 unspecified atom stereocenters. The number of nitrogens with zero attached hydrogens (tertiary/aromatic N) is 3. The average molecular weight is 826 g/mol. The largest absolute Gasteiger partial charge is 0.619 e. The number of carbonyl (C=O) groups excluding carboxylic acids is 2. The first-order chi connectivity index (χ1) is 28.4. The van der Waals surface area contributed by atoms with E-state index in [2.05, 4.69) is 41.5 Å². The Bertz CT molecular complexity index is 1970. The first-order valence-electron chi connectivity index (χ1n) is 20.7. The summed E-state index contributed by atoms with van der Waals surface area (Å²) < 4.78 is 38.3. The van der Waals surface area contributed by atoms with Gasteiger partial charge in [0, 0.05) is 38.8 Å². The van der Waals surface area contributed by atoms with E-state index < -0.39 is 26.6 Å². The molecule has 0 radical (unpaired) electrons. The van der Waals surface area contributed by atoms with E-state index in [-0.39, 0.29) is 38.2 Å². The molecule has 316 valence electrons. The second-order valence-electron chi connectivity index (χ2n) is 16.3. The molecule has 59 heavy (non-hydrogen) atoms. The highest BCUT2D eigenvalue weighted by molar-refractivity contribution is 6.77. The third-order valence-electron chi connectivity index (χ3n) is 11.5. The summed E-state index contributed by atoms with van der Waals surface area (Å²) in [5.74, 6) is 1.26. The van der Waals surface area contributed by atoms with Crippen molar-refractivity contribution in [3.05, 3.63) is 119 Å². The highest BCUT2D eigenvalue weighted by atomic mass is 28.4. The van der Waals surface area contributed by atoms with E-state index in [0.29, 0.717) is 70.4 Å². The molecule has 0 spiro atoms. The average Bonchev–Trinajstić information content (AvgIpc) is 3.22. The summed E-state index contributed by atoms with van der Waals surface area (Å²) in [4.78, 5) is 30.5. The Morgan fingerprint density at radius 2 is 1.58 bits per heavy atom. The first kappa shape index (κ1) is 43.6. The molecule has 0 aliphatic carbocycles. The van der Waals surface area contributed by atoms with Crippen LogP contribution in [0.25, 0.3) is 0 Å². The number of anilines is 1. The fourth-order valence-corrected chi connectivity index (χ4v) is 14.4. The maximum atomic E-state index is 14.0. The molecule has 0 saturated carbocycles. The minimum atomic E-state index is -2.50. The summed E-state index contributed by atoms with van der Waals surface area (Å²) in [5.41, 5.74) is 4.31. The van der Waals surface area contributed by atoms with Crippen molar-refractivity contribution >= 4 is 26.0 Å². The van der Waals surface area contributed by atoms with E-state index in [4.69, 9.17) is 28.1 Å². The van der Waals surface area contributed by atoms with Crippen molar-refractivity contribution in [3.8, 4) is 17.2 Å². The Hall–Kier alpha value is -4.95. The third-order valence-corrected chi connectivity index (χ3v) is 17.7. The zero-order valence-corrected chi connectivity index (χ0v) is 36.4. The zero-order valence-electron chi connectivity index (χ0n) is 35.4. The predicted molar refractivity (Wildman–Crippen MR) is 228 cm³/mol. The Morgan fingerprint density at radius 1 is 0.864 bits per heavy atom. The van der Waals surface area contributed by atoms with E-state index in [1.807, 2.05) is 72.8 Å². The fraction of sp³-hybridized carbons (Fsp3) is 0.457. The van der Waals surface area contributed by atoms with Gasteiger partial charge in [-0.05, 0) is 70.1 Å². The lowest BCUT2D eigenvalue weighted by Crippen LogP contribution is -2.59. The number of aromatic nitrogens is 1. The molecule has 1 aromatic heterocycles. The molecular weight excluding hydrogens is 767 g/mol. The summed E-state index contributed by atoms with van der Waals surface area (Å²) in [6.07, 6.45) is 2.10. The molecule has 0 bridgehead atoms. The molecule has 3 aromatic carbocycles. The second kappa shape index (κ2) is 19.9. The standard InChI is InChI=1S/C46H59N3O9Si/c1-32(2)59(33(3)4,34(5)6)58-43-28-47(46(51)56-29-35-13-9-8-10-14-35)27-42(45(43)37-17-19-38(20-18-37)57-39-15-11-22-48(52)26-39)54-30-36-16-21-41-40(25-36)49(23-12-24-53-7)44(50)31-55-41/h8-11,13-22,25-26,32-34,42-43,45H,12,23-24,27-31H2,1-7H3. The number of ether oxygens (including phenoxy) is 5. The first-order valence-corrected chi connectivity index (χ1v) is 22.8. The molecule has 4 aromatic rings. The molecule has 6 rings (SSSR count). The van der Waals surface area contributed by atoms with Gasteiger partial charge in [-0.25, -0.2) is 4.79 Å². The number of methoxy groups -OCH3 is 1. The topological polar surface area (TPSA) is 123 Å². The maximum absolute atomic E-state index is 14.0. The monoisotopic (exact) mass is 825 g/mol. The van der Waals surface area contributed by atoms with Crippen LogP contribution in [0.5, 0.6) is 17.2 Å². The van der Waals surface area contributed by atoms with Crippen molar-refractivity contribution in [3.63, 3.8) is 0 Å². The second-order valence-corrected chi connectivity index (χ2v) is 21.8. The highest BCUT2D eigenvalue weighted by Crippen LogP contribution is 2.46. The van der Waals surface area contributed by atoms with Gasteiger partial charge in [-0.3, -0.25) is 4.79 Å². The van der Waals surface area contributed by atoms with E-state index in [9.17, 15) is 14.8 Å². The lowest BCUT2D eigenvalue weighted by Gasteiger charge is -2.50. The Morgan fingerprint density at radius 3 is 2.25 bits per heavy atom. The lowest BCUT2D eigenvalue weighted by molar-refractivity contribution is -0.605. The highest BCUT2D eigenvalue weighted by Gasteiger charge is 2.51. The molecule has 2 aliphatic rings. The molecule has 2 amide bonds. The molecule has 3 atom stereocenters. The molecule has 1 fully saturated rings. The molecule has 3 heterocycles. The van der Waals surface area contributed by atoms with Crippen LogP contribution < -0.4 is 19.1 Å². The van der Waals surface area contributed by atoms with Crippen molar-refractivity contribution in [1.29, 1.82) is 0 Å². The van der Waals surface area contributed by atoms with Gasteiger partial charge in [0.2, 0.25) is 14.5 Å². The van der Waals surface area contributed by atoms with E-state index >= 15 is 0 Å². The number of amides is 2. The predicted octanol–water partition coefficient (Wildman–Crippen LogP) is 8.76. The van der Waals surface area contributed by atoms with Gasteiger partial charge in [0.1, 0.15) is 18.1 Å². The van der Waals surface area contributed by atoms with Crippen LogP contribution in [-0.2, 0) is 36.6 Å². The van der Waals surface area contributed by atoms with E-state index in [1.54, 1.807) is 29.0 Å². The molecule has 13 heteroatoms. The van der Waals surface area contributed by atoms with Crippen LogP contribution in [-0.4, -0.2) is 77.4 Å². The zero-order chi connectivity index (χ0) is 42.1. The minimum Gasteiger partial charge on any atom is -0.619 e. The normalized spacial score (nSPS) is 18.3. The number of hydrogen-bond donors (Lipinski definition) is 0. The van der Waals surface area contributed by atoms with Gasteiger partial charge < -0.3 is 43.1 Å². The van der Waals surface area contributed by atoms with Gasteiger partial charge >= 0.3 is 6.09 Å². The number of pyridine rings is 1. The molecule has 12 nitrogen and oxygen atoms in total. The lowest BCUT2D eigenvalue weighted by atomic mass is 9.84. The number of hydrogen-bond acceptors (Lipinski definition) is 9. The van der Waals surface area contributed by atoms with Crippen molar-refractivity contribution in [2.45, 2.75) is 95.9 Å². The van der Waals surface area contributed by atoms with Crippen LogP contribution in [0.2, 0.25) is 16.6 Å². The smallest absolute Gasteiger partial charge is 0.410 e. The molecule has 1 saturated heterocycles. The molecular formula is C46H59N3O9Si. The summed E-state index contributed by atoms with van der Waals surface area (Å²) in [6.45, 7) is 15.5. The van der Waals surface area contributed by atoms with Gasteiger partial charge in [-0.2, -0.15) is 4.73 Å².